The van der Waals surface area contributed by atoms with Gasteiger partial charge < -0.3 is 9.64 Å². The van der Waals surface area contributed by atoms with E-state index in [9.17, 15) is 4.79 Å². The first-order valence-electron chi connectivity index (χ1n) is 9.98. The summed E-state index contributed by atoms with van der Waals surface area (Å²) < 4.78 is 8.12. The Hall–Kier alpha value is -1.77. The third-order valence-corrected chi connectivity index (χ3v) is 7.06. The number of nitrogens with zero attached hydrogens (tertiary/aromatic N) is 5. The van der Waals surface area contributed by atoms with Gasteiger partial charge in [0.05, 0.1) is 41.6 Å². The molecular weight excluding hydrogens is 374 g/mol. The van der Waals surface area contributed by atoms with Gasteiger partial charge in [-0.2, -0.15) is 5.10 Å². The van der Waals surface area contributed by atoms with Crippen LogP contribution in [0.2, 0.25) is 0 Å². The van der Waals surface area contributed by atoms with Crippen LogP contribution in [0.1, 0.15) is 40.5 Å². The number of piperidine rings is 1. The fourth-order valence-electron chi connectivity index (χ4n) is 4.22. The molecule has 8 heteroatoms. The minimum absolute atomic E-state index is 0.195. The van der Waals surface area contributed by atoms with Crippen LogP contribution in [0.15, 0.2) is 12.3 Å². The minimum Gasteiger partial charge on any atom is -0.373 e. The van der Waals surface area contributed by atoms with Crippen LogP contribution < -0.4 is 0 Å². The maximum atomic E-state index is 12.9. The van der Waals surface area contributed by atoms with Crippen molar-refractivity contribution in [3.05, 3.63) is 33.5 Å². The molecule has 1 amide bonds. The zero-order valence-electron chi connectivity index (χ0n) is 17.0. The normalized spacial score (nSPS) is 20.7. The number of ether oxygens (including phenoxy) is 1. The number of aromatic nitrogens is 3. The third-order valence-electron chi connectivity index (χ3n) is 6.00. The van der Waals surface area contributed by atoms with E-state index in [2.05, 4.69) is 28.8 Å². The highest BCUT2D eigenvalue weighted by Gasteiger charge is 2.40. The number of aryl methyl sites for hydroxylation is 3. The summed E-state index contributed by atoms with van der Waals surface area (Å²) in [6.07, 6.45) is 4.08. The predicted molar refractivity (Wildman–Crippen MR) is 108 cm³/mol. The van der Waals surface area contributed by atoms with E-state index in [1.165, 1.54) is 4.88 Å². The van der Waals surface area contributed by atoms with Crippen molar-refractivity contribution in [2.75, 3.05) is 26.2 Å². The van der Waals surface area contributed by atoms with Gasteiger partial charge >= 0.3 is 0 Å². The molecule has 0 atom stereocenters. The van der Waals surface area contributed by atoms with E-state index in [1.54, 1.807) is 17.5 Å². The second kappa shape index (κ2) is 7.93. The number of likely N-dealkylation sites (tertiary alicyclic amines) is 1. The second-order valence-electron chi connectivity index (χ2n) is 7.99. The van der Waals surface area contributed by atoms with Gasteiger partial charge in [0, 0.05) is 44.3 Å². The van der Waals surface area contributed by atoms with E-state index in [0.29, 0.717) is 26.1 Å². The Morgan fingerprint density at radius 1 is 1.21 bits per heavy atom. The van der Waals surface area contributed by atoms with Crippen molar-refractivity contribution in [2.24, 2.45) is 7.05 Å². The van der Waals surface area contributed by atoms with Gasteiger partial charge in [0.1, 0.15) is 0 Å². The summed E-state index contributed by atoms with van der Waals surface area (Å²) in [5.74, 6) is 0.195. The van der Waals surface area contributed by atoms with Crippen LogP contribution in [0.3, 0.4) is 0 Å². The average molecular weight is 404 g/mol. The maximum Gasteiger partial charge on any atom is 0.225 e. The van der Waals surface area contributed by atoms with E-state index < -0.39 is 0 Å². The molecule has 0 unspecified atom stereocenters. The fraction of sp³-hybridized carbons (Fsp3) is 0.650. The Bertz CT molecular complexity index is 838. The first-order valence-corrected chi connectivity index (χ1v) is 10.8. The van der Waals surface area contributed by atoms with Crippen molar-refractivity contribution in [3.63, 3.8) is 0 Å². The maximum absolute atomic E-state index is 12.9. The molecule has 2 aliphatic rings. The van der Waals surface area contributed by atoms with Crippen LogP contribution in [0.5, 0.6) is 0 Å². The topological polar surface area (TPSA) is 63.5 Å². The molecule has 0 saturated carbocycles. The summed E-state index contributed by atoms with van der Waals surface area (Å²) in [5.41, 5.74) is 1.90. The monoisotopic (exact) mass is 403 g/mol. The van der Waals surface area contributed by atoms with E-state index in [1.807, 2.05) is 22.7 Å². The smallest absolute Gasteiger partial charge is 0.225 e. The van der Waals surface area contributed by atoms with E-state index >= 15 is 0 Å². The third kappa shape index (κ3) is 4.14. The quantitative estimate of drug-likeness (QED) is 0.784. The lowest BCUT2D eigenvalue weighted by atomic mass is 9.87. The number of thiazole rings is 1. The molecule has 0 aliphatic carbocycles. The van der Waals surface area contributed by atoms with Crippen molar-refractivity contribution in [2.45, 2.75) is 51.8 Å². The Balaban J connectivity index is 1.35. The highest BCUT2D eigenvalue weighted by molar-refractivity contribution is 7.11. The number of hydrogen-bond acceptors (Lipinski definition) is 6. The van der Waals surface area contributed by atoms with Crippen LogP contribution in [-0.2, 0) is 29.7 Å². The Morgan fingerprint density at radius 3 is 2.64 bits per heavy atom. The van der Waals surface area contributed by atoms with Crippen molar-refractivity contribution in [1.29, 1.82) is 0 Å². The summed E-state index contributed by atoms with van der Waals surface area (Å²) in [7, 11) is 1.91. The van der Waals surface area contributed by atoms with Crippen LogP contribution in [0.4, 0.5) is 0 Å². The van der Waals surface area contributed by atoms with Gasteiger partial charge in [-0.1, -0.05) is 0 Å². The van der Waals surface area contributed by atoms with Crippen LogP contribution in [0.25, 0.3) is 0 Å². The van der Waals surface area contributed by atoms with Crippen molar-refractivity contribution >= 4 is 17.2 Å². The van der Waals surface area contributed by atoms with Gasteiger partial charge in [0.2, 0.25) is 5.91 Å². The molecule has 2 aromatic heterocycles. The number of carbonyl (C=O) groups is 1. The molecule has 7 nitrogen and oxygen atoms in total. The zero-order valence-corrected chi connectivity index (χ0v) is 17.8. The first-order chi connectivity index (χ1) is 13.4. The van der Waals surface area contributed by atoms with Crippen molar-refractivity contribution in [3.8, 4) is 0 Å². The molecule has 0 radical (unpaired) electrons. The molecule has 4 heterocycles. The highest BCUT2D eigenvalue weighted by atomic mass is 32.1. The van der Waals surface area contributed by atoms with Gasteiger partial charge in [-0.3, -0.25) is 14.4 Å². The first kappa shape index (κ1) is 19.5. The molecule has 152 valence electrons. The Labute approximate surface area is 170 Å². The van der Waals surface area contributed by atoms with Crippen LogP contribution >= 0.6 is 11.3 Å². The Morgan fingerprint density at radius 2 is 2.00 bits per heavy atom. The molecule has 2 saturated heterocycles. The van der Waals surface area contributed by atoms with E-state index in [0.717, 1.165) is 48.9 Å². The summed E-state index contributed by atoms with van der Waals surface area (Å²) in [4.78, 5) is 23.2. The summed E-state index contributed by atoms with van der Waals surface area (Å²) in [6.45, 7) is 8.89. The van der Waals surface area contributed by atoms with E-state index in [4.69, 9.17) is 4.74 Å². The van der Waals surface area contributed by atoms with Gasteiger partial charge in [-0.15, -0.1) is 11.3 Å². The van der Waals surface area contributed by atoms with Gasteiger partial charge in [-0.05, 0) is 32.8 Å². The lowest BCUT2D eigenvalue weighted by Crippen LogP contribution is -2.47. The molecule has 2 aliphatic heterocycles. The molecule has 0 N–H and O–H groups in total. The molecular formula is C20H29N5O2S. The van der Waals surface area contributed by atoms with Crippen molar-refractivity contribution in [1.82, 2.24) is 24.6 Å². The zero-order chi connectivity index (χ0) is 19.7. The molecule has 1 spiro atoms. The van der Waals surface area contributed by atoms with Crippen LogP contribution in [-0.4, -0.2) is 62.3 Å². The van der Waals surface area contributed by atoms with Gasteiger partial charge in [-0.25, -0.2) is 4.98 Å². The number of hydrogen-bond donors (Lipinski definition) is 0. The number of rotatable bonds is 4. The molecule has 0 bridgehead atoms. The Kier molecular flexibility index (Phi) is 5.53. The highest BCUT2D eigenvalue weighted by Crippen LogP contribution is 2.33. The van der Waals surface area contributed by atoms with Crippen LogP contribution in [0, 0.1) is 13.8 Å². The molecule has 28 heavy (non-hydrogen) atoms. The lowest BCUT2D eigenvalue weighted by molar-refractivity contribution is -0.136. The average Bonchev–Trinajstić information content (AvgIpc) is 3.15. The lowest BCUT2D eigenvalue weighted by Gasteiger charge is -2.40. The largest absolute Gasteiger partial charge is 0.373 e. The minimum atomic E-state index is -0.298. The summed E-state index contributed by atoms with van der Waals surface area (Å²) in [5, 5.41) is 5.33. The number of carbonyl (C=O) groups excluding carboxylic acids is 1. The van der Waals surface area contributed by atoms with Crippen molar-refractivity contribution < 1.29 is 9.53 Å². The standard InChI is InChI=1S/C20H29N5O2S/c1-15-18(28-16(2)22-15)14-24-8-5-20(6-9-24)12-19(26)25(10-11-27-20)13-17-4-7-21-23(17)3/h4,7H,5-6,8-14H2,1-3H3. The molecule has 4 rings (SSSR count). The predicted octanol–water partition coefficient (Wildman–Crippen LogP) is 2.28. The second-order valence-corrected chi connectivity index (χ2v) is 9.28. The fourth-order valence-corrected chi connectivity index (χ4v) is 5.20. The van der Waals surface area contributed by atoms with Gasteiger partial charge in [0.25, 0.3) is 0 Å². The summed E-state index contributed by atoms with van der Waals surface area (Å²) >= 11 is 1.79. The van der Waals surface area contributed by atoms with E-state index in [-0.39, 0.29) is 11.5 Å². The summed E-state index contributed by atoms with van der Waals surface area (Å²) in [6, 6.07) is 1.97. The molecule has 2 aromatic rings. The van der Waals surface area contributed by atoms with Gasteiger partial charge in [0.15, 0.2) is 0 Å². The molecule has 2 fully saturated rings. The SMILES string of the molecule is Cc1nc(C)c(CN2CCC3(CC2)CC(=O)N(Cc2ccnn2C)CCO3)s1. The number of amides is 1. The molecule has 0 aromatic carbocycles.